The Morgan fingerprint density at radius 3 is 2.89 bits per heavy atom. The van der Waals surface area contributed by atoms with E-state index in [0.717, 1.165) is 15.9 Å². The number of aryl methyl sites for hydroxylation is 2. The number of carboxylic acid groups (broad SMARTS) is 1. The van der Waals surface area contributed by atoms with Crippen molar-refractivity contribution < 1.29 is 14.6 Å². The predicted octanol–water partition coefficient (Wildman–Crippen LogP) is 2.16. The number of ether oxygens (including phenoxy) is 1. The molecule has 19 heavy (non-hydrogen) atoms. The lowest BCUT2D eigenvalue weighted by Gasteiger charge is -2.08. The molecule has 0 fully saturated rings. The van der Waals surface area contributed by atoms with Crippen LogP contribution in [0.4, 0.5) is 0 Å². The van der Waals surface area contributed by atoms with Crippen LogP contribution in [0.3, 0.4) is 0 Å². The van der Waals surface area contributed by atoms with Crippen LogP contribution < -0.4 is 4.74 Å². The molecule has 1 N–H and O–H groups in total. The zero-order valence-corrected chi connectivity index (χ0v) is 12.0. The topological polar surface area (TPSA) is 77.2 Å². The van der Waals surface area contributed by atoms with E-state index in [4.69, 9.17) is 9.84 Å². The third-order valence-electron chi connectivity index (χ3n) is 2.60. The van der Waals surface area contributed by atoms with Crippen LogP contribution in [0.5, 0.6) is 5.75 Å². The molecule has 7 heteroatoms. The molecule has 2 aromatic heterocycles. The molecule has 0 saturated heterocycles. The molecule has 0 aliphatic heterocycles. The lowest BCUT2D eigenvalue weighted by molar-refractivity contribution is 0.0684. The first kappa shape index (κ1) is 13.5. The number of hydrogen-bond donors (Lipinski definition) is 1. The van der Waals surface area contributed by atoms with Gasteiger partial charge < -0.3 is 9.84 Å². The van der Waals surface area contributed by atoms with E-state index >= 15 is 0 Å². The minimum absolute atomic E-state index is 0.0995. The van der Waals surface area contributed by atoms with Gasteiger partial charge in [0, 0.05) is 13.2 Å². The number of aromatic carboxylic acids is 1. The molecule has 2 rings (SSSR count). The standard InChI is InChI=1S/C12H12BrN3O3/c1-7-10(13)8(16(2)15-7)6-19-9-4-3-5-14-11(9)12(17)18/h3-5H,6H2,1-2H3,(H,17,18). The van der Waals surface area contributed by atoms with Gasteiger partial charge in [-0.15, -0.1) is 0 Å². The van der Waals surface area contributed by atoms with Crippen molar-refractivity contribution >= 4 is 21.9 Å². The van der Waals surface area contributed by atoms with Crippen LogP contribution in [-0.2, 0) is 13.7 Å². The highest BCUT2D eigenvalue weighted by Gasteiger charge is 2.15. The van der Waals surface area contributed by atoms with Crippen LogP contribution in [0.25, 0.3) is 0 Å². The Labute approximate surface area is 118 Å². The molecule has 2 heterocycles. The first-order chi connectivity index (χ1) is 9.00. The smallest absolute Gasteiger partial charge is 0.358 e. The third kappa shape index (κ3) is 2.76. The van der Waals surface area contributed by atoms with Crippen LogP contribution in [0.2, 0.25) is 0 Å². The second kappa shape index (κ2) is 5.40. The van der Waals surface area contributed by atoms with Crippen molar-refractivity contribution in [1.29, 1.82) is 0 Å². The predicted molar refractivity (Wildman–Crippen MR) is 71.2 cm³/mol. The van der Waals surface area contributed by atoms with Crippen molar-refractivity contribution in [1.82, 2.24) is 14.8 Å². The summed E-state index contributed by atoms with van der Waals surface area (Å²) in [5, 5.41) is 13.2. The SMILES string of the molecule is Cc1nn(C)c(COc2cccnc2C(=O)O)c1Br. The molecule has 0 aromatic carbocycles. The van der Waals surface area contributed by atoms with E-state index < -0.39 is 5.97 Å². The fraction of sp³-hybridized carbons (Fsp3) is 0.250. The van der Waals surface area contributed by atoms with Gasteiger partial charge in [-0.1, -0.05) is 0 Å². The Hall–Kier alpha value is -1.89. The number of aromatic nitrogens is 3. The normalized spacial score (nSPS) is 10.5. The maximum Gasteiger partial charge on any atom is 0.358 e. The second-order valence-corrected chi connectivity index (χ2v) is 4.71. The summed E-state index contributed by atoms with van der Waals surface area (Å²) < 4.78 is 8.07. The Balaban J connectivity index is 2.22. The molecule has 100 valence electrons. The summed E-state index contributed by atoms with van der Waals surface area (Å²) in [6, 6.07) is 3.21. The Morgan fingerprint density at radius 2 is 2.32 bits per heavy atom. The van der Waals surface area contributed by atoms with Gasteiger partial charge in [0.2, 0.25) is 0 Å². The monoisotopic (exact) mass is 325 g/mol. The van der Waals surface area contributed by atoms with Crippen LogP contribution in [0, 0.1) is 6.92 Å². The number of carbonyl (C=O) groups is 1. The minimum atomic E-state index is -1.11. The molecule has 0 bridgehead atoms. The van der Waals surface area contributed by atoms with Crippen LogP contribution in [0.15, 0.2) is 22.8 Å². The largest absolute Gasteiger partial charge is 0.485 e. The number of carboxylic acids is 1. The molecule has 2 aromatic rings. The van der Waals surface area contributed by atoms with Gasteiger partial charge in [-0.25, -0.2) is 9.78 Å². The average molecular weight is 326 g/mol. The number of rotatable bonds is 4. The number of halogens is 1. The first-order valence-corrected chi connectivity index (χ1v) is 6.29. The highest BCUT2D eigenvalue weighted by molar-refractivity contribution is 9.10. The molecule has 0 aliphatic carbocycles. The van der Waals surface area contributed by atoms with Gasteiger partial charge in [0.05, 0.1) is 15.9 Å². The van der Waals surface area contributed by atoms with Gasteiger partial charge in [0.1, 0.15) is 6.61 Å². The summed E-state index contributed by atoms with van der Waals surface area (Å²) in [6.45, 7) is 2.09. The van der Waals surface area contributed by atoms with Crippen molar-refractivity contribution in [2.24, 2.45) is 7.05 Å². The van der Waals surface area contributed by atoms with Crippen LogP contribution >= 0.6 is 15.9 Å². The van der Waals surface area contributed by atoms with Gasteiger partial charge in [-0.2, -0.15) is 5.10 Å². The lowest BCUT2D eigenvalue weighted by atomic mass is 10.3. The quantitative estimate of drug-likeness (QED) is 0.932. The highest BCUT2D eigenvalue weighted by Crippen LogP contribution is 2.23. The number of hydrogen-bond acceptors (Lipinski definition) is 4. The Morgan fingerprint density at radius 1 is 1.58 bits per heavy atom. The van der Waals surface area contributed by atoms with Gasteiger partial charge in [-0.3, -0.25) is 4.68 Å². The van der Waals surface area contributed by atoms with E-state index in [1.807, 2.05) is 6.92 Å². The highest BCUT2D eigenvalue weighted by atomic mass is 79.9. The fourth-order valence-corrected chi connectivity index (χ4v) is 2.10. The second-order valence-electron chi connectivity index (χ2n) is 3.91. The van der Waals surface area contributed by atoms with E-state index in [9.17, 15) is 4.79 Å². The molecular formula is C12H12BrN3O3. The Kier molecular flexibility index (Phi) is 3.84. The summed E-state index contributed by atoms with van der Waals surface area (Å²) >= 11 is 3.43. The number of pyridine rings is 1. The Bertz CT molecular complexity index is 625. The van der Waals surface area contributed by atoms with E-state index in [1.54, 1.807) is 23.9 Å². The van der Waals surface area contributed by atoms with Gasteiger partial charge in [0.25, 0.3) is 0 Å². The van der Waals surface area contributed by atoms with Crippen LogP contribution in [-0.4, -0.2) is 25.8 Å². The molecular weight excluding hydrogens is 314 g/mol. The van der Waals surface area contributed by atoms with E-state index in [-0.39, 0.29) is 18.1 Å². The van der Waals surface area contributed by atoms with Crippen molar-refractivity contribution in [3.05, 3.63) is 39.9 Å². The molecule has 0 spiro atoms. The van der Waals surface area contributed by atoms with Gasteiger partial charge in [-0.05, 0) is 35.0 Å². The third-order valence-corrected chi connectivity index (χ3v) is 3.63. The van der Waals surface area contributed by atoms with E-state index in [0.29, 0.717) is 0 Å². The molecule has 0 saturated carbocycles. The molecule has 0 atom stereocenters. The minimum Gasteiger partial charge on any atom is -0.485 e. The molecule has 0 unspecified atom stereocenters. The summed E-state index contributed by atoms with van der Waals surface area (Å²) in [4.78, 5) is 14.8. The summed E-state index contributed by atoms with van der Waals surface area (Å²) in [7, 11) is 1.80. The summed E-state index contributed by atoms with van der Waals surface area (Å²) in [5.74, 6) is -0.878. The zero-order valence-electron chi connectivity index (χ0n) is 10.4. The van der Waals surface area contributed by atoms with Crippen molar-refractivity contribution in [2.45, 2.75) is 13.5 Å². The molecule has 0 aliphatic rings. The van der Waals surface area contributed by atoms with Crippen molar-refractivity contribution in [3.63, 3.8) is 0 Å². The average Bonchev–Trinajstić information content (AvgIpc) is 2.61. The summed E-state index contributed by atoms with van der Waals surface area (Å²) in [5.41, 5.74) is 1.58. The first-order valence-electron chi connectivity index (χ1n) is 5.49. The van der Waals surface area contributed by atoms with Gasteiger partial charge in [0.15, 0.2) is 11.4 Å². The van der Waals surface area contributed by atoms with Crippen molar-refractivity contribution in [3.8, 4) is 5.75 Å². The van der Waals surface area contributed by atoms with Gasteiger partial charge >= 0.3 is 5.97 Å². The molecule has 0 radical (unpaired) electrons. The maximum absolute atomic E-state index is 11.0. The number of nitrogens with zero attached hydrogens (tertiary/aromatic N) is 3. The zero-order chi connectivity index (χ0) is 14.0. The molecule has 0 amide bonds. The van der Waals surface area contributed by atoms with E-state index in [1.165, 1.54) is 6.20 Å². The van der Waals surface area contributed by atoms with Crippen molar-refractivity contribution in [2.75, 3.05) is 0 Å². The maximum atomic E-state index is 11.0. The van der Waals surface area contributed by atoms with E-state index in [2.05, 4.69) is 26.0 Å². The van der Waals surface area contributed by atoms with Crippen LogP contribution in [0.1, 0.15) is 21.9 Å². The molecule has 6 nitrogen and oxygen atoms in total. The summed E-state index contributed by atoms with van der Waals surface area (Å²) in [6.07, 6.45) is 1.42. The lowest BCUT2D eigenvalue weighted by Crippen LogP contribution is -2.08. The fourth-order valence-electron chi connectivity index (χ4n) is 1.65.